The average molecular weight is 195 g/mol. The molecule has 1 aromatic heterocycles. The molecule has 1 unspecified atom stereocenters. The maximum atomic E-state index is 4.22. The molecule has 14 heavy (non-hydrogen) atoms. The van der Waals surface area contributed by atoms with Gasteiger partial charge in [0.05, 0.1) is 6.04 Å². The van der Waals surface area contributed by atoms with Crippen molar-refractivity contribution in [2.24, 2.45) is 5.92 Å². The molecule has 0 spiro atoms. The summed E-state index contributed by atoms with van der Waals surface area (Å²) in [6.45, 7) is 8.82. The van der Waals surface area contributed by atoms with Crippen molar-refractivity contribution in [2.45, 2.75) is 33.2 Å². The summed E-state index contributed by atoms with van der Waals surface area (Å²) in [5.74, 6) is 0.731. The smallest absolute Gasteiger partial charge is 0.0503 e. The van der Waals surface area contributed by atoms with E-state index in [0.29, 0.717) is 6.04 Å². The van der Waals surface area contributed by atoms with E-state index >= 15 is 0 Å². The minimum atomic E-state index is 0.490. The highest BCUT2D eigenvalue weighted by Gasteiger charge is 2.03. The molecule has 1 rings (SSSR count). The number of nitrogens with zero attached hydrogens (tertiary/aromatic N) is 2. The number of hydrogen-bond acceptors (Lipinski definition) is 2. The third kappa shape index (κ3) is 3.92. The van der Waals surface area contributed by atoms with Crippen LogP contribution in [0.4, 0.5) is 0 Å². The van der Waals surface area contributed by atoms with Crippen molar-refractivity contribution in [1.29, 1.82) is 0 Å². The first-order valence-corrected chi connectivity index (χ1v) is 5.40. The molecule has 80 valence electrons. The van der Waals surface area contributed by atoms with Crippen LogP contribution in [0.1, 0.15) is 33.2 Å². The minimum absolute atomic E-state index is 0.490. The van der Waals surface area contributed by atoms with E-state index in [2.05, 4.69) is 31.2 Å². The Morgan fingerprint density at radius 2 is 2.14 bits per heavy atom. The van der Waals surface area contributed by atoms with Crippen molar-refractivity contribution < 1.29 is 0 Å². The minimum Gasteiger partial charge on any atom is -0.316 e. The highest BCUT2D eigenvalue weighted by Crippen LogP contribution is 2.06. The molecule has 3 heteroatoms. The van der Waals surface area contributed by atoms with Gasteiger partial charge in [-0.2, -0.15) is 5.10 Å². The van der Waals surface area contributed by atoms with Gasteiger partial charge in [-0.25, -0.2) is 0 Å². The van der Waals surface area contributed by atoms with E-state index in [1.54, 1.807) is 0 Å². The van der Waals surface area contributed by atoms with Gasteiger partial charge in [-0.15, -0.1) is 0 Å². The third-order valence-corrected chi connectivity index (χ3v) is 2.27. The Bertz CT molecular complexity index is 229. The molecule has 0 fully saturated rings. The maximum absolute atomic E-state index is 4.22. The quantitative estimate of drug-likeness (QED) is 0.704. The Morgan fingerprint density at radius 1 is 1.36 bits per heavy atom. The molecule has 1 aromatic rings. The Morgan fingerprint density at radius 3 is 2.71 bits per heavy atom. The lowest BCUT2D eigenvalue weighted by Crippen LogP contribution is -2.23. The Labute approximate surface area is 86.5 Å². The highest BCUT2D eigenvalue weighted by molar-refractivity contribution is 4.80. The molecule has 0 aliphatic carbocycles. The van der Waals surface area contributed by atoms with Gasteiger partial charge in [0.25, 0.3) is 0 Å². The van der Waals surface area contributed by atoms with Crippen LogP contribution < -0.4 is 5.32 Å². The number of rotatable bonds is 6. The summed E-state index contributed by atoms with van der Waals surface area (Å²) in [4.78, 5) is 0. The molecule has 1 heterocycles. The standard InChI is InChI=1S/C11H21N3/c1-10(2)9-12-7-5-11(3)14-8-4-6-13-14/h4,6,8,10-12H,5,7,9H2,1-3H3. The fourth-order valence-electron chi connectivity index (χ4n) is 1.38. The summed E-state index contributed by atoms with van der Waals surface area (Å²) in [6.07, 6.45) is 4.99. The molecule has 0 aliphatic rings. The number of nitrogens with one attached hydrogen (secondary N) is 1. The molecule has 0 amide bonds. The fourth-order valence-corrected chi connectivity index (χ4v) is 1.38. The van der Waals surface area contributed by atoms with Gasteiger partial charge in [0.2, 0.25) is 0 Å². The monoisotopic (exact) mass is 195 g/mol. The molecule has 1 atom stereocenters. The molecule has 3 nitrogen and oxygen atoms in total. The predicted octanol–water partition coefficient (Wildman–Crippen LogP) is 2.08. The second kappa shape index (κ2) is 5.81. The van der Waals surface area contributed by atoms with Crippen LogP contribution in [0.5, 0.6) is 0 Å². The van der Waals surface area contributed by atoms with Crippen LogP contribution in [0.2, 0.25) is 0 Å². The number of hydrogen-bond donors (Lipinski definition) is 1. The molecule has 0 aliphatic heterocycles. The second-order valence-electron chi connectivity index (χ2n) is 4.22. The van der Waals surface area contributed by atoms with E-state index in [1.165, 1.54) is 0 Å². The molecule has 0 saturated carbocycles. The van der Waals surface area contributed by atoms with E-state index in [9.17, 15) is 0 Å². The van der Waals surface area contributed by atoms with Crippen LogP contribution in [-0.4, -0.2) is 22.9 Å². The zero-order chi connectivity index (χ0) is 10.4. The molecular weight excluding hydrogens is 174 g/mol. The van der Waals surface area contributed by atoms with E-state index in [-0.39, 0.29) is 0 Å². The van der Waals surface area contributed by atoms with Crippen LogP contribution in [0.25, 0.3) is 0 Å². The first-order chi connectivity index (χ1) is 6.70. The Kier molecular flexibility index (Phi) is 4.66. The number of aromatic nitrogens is 2. The SMILES string of the molecule is CC(C)CNCCC(C)n1cccn1. The van der Waals surface area contributed by atoms with E-state index in [0.717, 1.165) is 25.4 Å². The fraction of sp³-hybridized carbons (Fsp3) is 0.727. The molecule has 0 aromatic carbocycles. The first kappa shape index (κ1) is 11.2. The van der Waals surface area contributed by atoms with Crippen molar-refractivity contribution in [3.8, 4) is 0 Å². The summed E-state index contributed by atoms with van der Waals surface area (Å²) in [7, 11) is 0. The van der Waals surface area contributed by atoms with Crippen molar-refractivity contribution >= 4 is 0 Å². The summed E-state index contributed by atoms with van der Waals surface area (Å²) in [5, 5.41) is 7.66. The maximum Gasteiger partial charge on any atom is 0.0503 e. The third-order valence-electron chi connectivity index (χ3n) is 2.27. The van der Waals surface area contributed by atoms with Crippen molar-refractivity contribution in [3.05, 3.63) is 18.5 Å². The average Bonchev–Trinajstić information content (AvgIpc) is 2.64. The lowest BCUT2D eigenvalue weighted by atomic mass is 10.2. The van der Waals surface area contributed by atoms with Gasteiger partial charge in [-0.05, 0) is 38.4 Å². The van der Waals surface area contributed by atoms with Gasteiger partial charge in [-0.1, -0.05) is 13.8 Å². The topological polar surface area (TPSA) is 29.9 Å². The lowest BCUT2D eigenvalue weighted by molar-refractivity contribution is 0.433. The van der Waals surface area contributed by atoms with Gasteiger partial charge in [0.1, 0.15) is 0 Å². The van der Waals surface area contributed by atoms with Crippen LogP contribution in [0, 0.1) is 5.92 Å². The lowest BCUT2D eigenvalue weighted by Gasteiger charge is -2.13. The predicted molar refractivity (Wildman–Crippen MR) is 59.3 cm³/mol. The summed E-state index contributed by atoms with van der Waals surface area (Å²) < 4.78 is 2.01. The van der Waals surface area contributed by atoms with Gasteiger partial charge < -0.3 is 5.32 Å². The van der Waals surface area contributed by atoms with Gasteiger partial charge in [0, 0.05) is 12.4 Å². The van der Waals surface area contributed by atoms with Crippen LogP contribution in [0.3, 0.4) is 0 Å². The van der Waals surface area contributed by atoms with Crippen LogP contribution >= 0.6 is 0 Å². The molecule has 0 radical (unpaired) electrons. The van der Waals surface area contributed by atoms with E-state index in [1.807, 2.05) is 23.1 Å². The molecule has 1 N–H and O–H groups in total. The Balaban J connectivity index is 2.13. The van der Waals surface area contributed by atoms with Gasteiger partial charge >= 0.3 is 0 Å². The first-order valence-electron chi connectivity index (χ1n) is 5.40. The zero-order valence-corrected chi connectivity index (χ0v) is 9.40. The highest BCUT2D eigenvalue weighted by atomic mass is 15.3. The molecule has 0 saturated heterocycles. The van der Waals surface area contributed by atoms with Gasteiger partial charge in [0.15, 0.2) is 0 Å². The van der Waals surface area contributed by atoms with Crippen LogP contribution in [-0.2, 0) is 0 Å². The van der Waals surface area contributed by atoms with Gasteiger partial charge in [-0.3, -0.25) is 4.68 Å². The summed E-state index contributed by atoms with van der Waals surface area (Å²) >= 11 is 0. The summed E-state index contributed by atoms with van der Waals surface area (Å²) in [6, 6.07) is 2.46. The zero-order valence-electron chi connectivity index (χ0n) is 9.40. The second-order valence-corrected chi connectivity index (χ2v) is 4.22. The van der Waals surface area contributed by atoms with Crippen molar-refractivity contribution in [3.63, 3.8) is 0 Å². The Hall–Kier alpha value is -0.830. The van der Waals surface area contributed by atoms with Crippen LogP contribution in [0.15, 0.2) is 18.5 Å². The van der Waals surface area contributed by atoms with E-state index in [4.69, 9.17) is 0 Å². The summed E-state index contributed by atoms with van der Waals surface area (Å²) in [5.41, 5.74) is 0. The van der Waals surface area contributed by atoms with Crippen molar-refractivity contribution in [2.75, 3.05) is 13.1 Å². The molecule has 0 bridgehead atoms. The normalized spacial score (nSPS) is 13.4. The van der Waals surface area contributed by atoms with E-state index < -0.39 is 0 Å². The van der Waals surface area contributed by atoms with Crippen molar-refractivity contribution in [1.82, 2.24) is 15.1 Å². The molecular formula is C11H21N3. The largest absolute Gasteiger partial charge is 0.316 e.